The molecule has 1 aliphatic rings. The van der Waals surface area contributed by atoms with Crippen LogP contribution in [0.2, 0.25) is 0 Å². The van der Waals surface area contributed by atoms with E-state index in [1.807, 2.05) is 73.3 Å². The number of amides is 2. The summed E-state index contributed by atoms with van der Waals surface area (Å²) in [5.41, 5.74) is 3.92. The van der Waals surface area contributed by atoms with Gasteiger partial charge in [0.25, 0.3) is 11.8 Å². The Morgan fingerprint density at radius 3 is 2.26 bits per heavy atom. The van der Waals surface area contributed by atoms with Crippen LogP contribution >= 0.6 is 0 Å². The van der Waals surface area contributed by atoms with Crippen LogP contribution in [-0.4, -0.2) is 34.7 Å². The summed E-state index contributed by atoms with van der Waals surface area (Å²) in [5.74, 6) is -0.515. The lowest BCUT2D eigenvalue weighted by atomic mass is 10.0. The largest absolute Gasteiger partial charge is 0.362 e. The molecule has 0 aromatic heterocycles. The Morgan fingerprint density at radius 2 is 1.67 bits per heavy atom. The highest BCUT2D eigenvalue weighted by atomic mass is 16.2. The zero-order chi connectivity index (χ0) is 19.4. The Hall–Kier alpha value is -3.14. The molecule has 0 saturated carbocycles. The van der Waals surface area contributed by atoms with Gasteiger partial charge in [-0.15, -0.1) is 6.58 Å². The fourth-order valence-electron chi connectivity index (χ4n) is 3.28. The molecule has 2 amide bonds. The summed E-state index contributed by atoms with van der Waals surface area (Å²) in [7, 11) is 0. The number of imide groups is 1. The van der Waals surface area contributed by atoms with Crippen LogP contribution in [0.4, 0.5) is 0 Å². The van der Waals surface area contributed by atoms with Gasteiger partial charge in [0.05, 0.1) is 5.57 Å². The van der Waals surface area contributed by atoms with Gasteiger partial charge in [0.15, 0.2) is 0 Å². The molecule has 2 aromatic carbocycles. The molecule has 0 fully saturated rings. The molecule has 0 radical (unpaired) electrons. The molecule has 0 saturated heterocycles. The minimum Gasteiger partial charge on any atom is -0.362 e. The first-order chi connectivity index (χ1) is 13.1. The zero-order valence-corrected chi connectivity index (χ0v) is 15.8. The number of hydrogen-bond acceptors (Lipinski definition) is 3. The van der Waals surface area contributed by atoms with Crippen molar-refractivity contribution < 1.29 is 9.59 Å². The van der Waals surface area contributed by atoms with E-state index in [1.54, 1.807) is 6.08 Å². The Balaban J connectivity index is 2.08. The van der Waals surface area contributed by atoms with E-state index in [4.69, 9.17) is 0 Å². The molecule has 0 unspecified atom stereocenters. The summed E-state index contributed by atoms with van der Waals surface area (Å²) >= 11 is 0. The third-order valence-electron chi connectivity index (χ3n) is 4.71. The number of carbonyl (C=O) groups excluding carboxylic acids is 2. The van der Waals surface area contributed by atoms with E-state index in [1.165, 1.54) is 4.90 Å². The third-order valence-corrected chi connectivity index (χ3v) is 4.71. The summed E-state index contributed by atoms with van der Waals surface area (Å²) in [6.07, 6.45) is 1.58. The second-order valence-electron chi connectivity index (χ2n) is 6.60. The van der Waals surface area contributed by atoms with Crippen LogP contribution in [0.1, 0.15) is 23.6 Å². The lowest BCUT2D eigenvalue weighted by Gasteiger charge is -2.24. The number of nitrogens with zero attached hydrogens (tertiary/aromatic N) is 2. The van der Waals surface area contributed by atoms with Gasteiger partial charge in [-0.25, -0.2) is 0 Å². The number of benzene rings is 2. The van der Waals surface area contributed by atoms with Gasteiger partial charge in [-0.1, -0.05) is 66.2 Å². The van der Waals surface area contributed by atoms with Gasteiger partial charge in [0.2, 0.25) is 0 Å². The second kappa shape index (κ2) is 8.04. The SMILES string of the molecule is C=CCN1C(=O)C(c2ccc(C)cc2)=C(N(CC)Cc2ccccc2)C1=O. The molecule has 0 aliphatic carbocycles. The molecule has 27 heavy (non-hydrogen) atoms. The Kier molecular flexibility index (Phi) is 5.55. The third kappa shape index (κ3) is 3.70. The van der Waals surface area contributed by atoms with E-state index in [0.717, 1.165) is 16.7 Å². The van der Waals surface area contributed by atoms with Crippen molar-refractivity contribution in [2.45, 2.75) is 20.4 Å². The summed E-state index contributed by atoms with van der Waals surface area (Å²) in [5, 5.41) is 0. The number of hydrogen-bond donors (Lipinski definition) is 0. The van der Waals surface area contributed by atoms with Crippen LogP contribution in [0.25, 0.3) is 5.57 Å². The van der Waals surface area contributed by atoms with Crippen molar-refractivity contribution in [2.75, 3.05) is 13.1 Å². The van der Waals surface area contributed by atoms with E-state index < -0.39 is 0 Å². The minimum absolute atomic E-state index is 0.208. The average Bonchev–Trinajstić information content (AvgIpc) is 2.93. The van der Waals surface area contributed by atoms with Crippen molar-refractivity contribution in [2.24, 2.45) is 0 Å². The average molecular weight is 360 g/mol. The quantitative estimate of drug-likeness (QED) is 0.557. The number of rotatable bonds is 7. The molecular weight excluding hydrogens is 336 g/mol. The van der Waals surface area contributed by atoms with Crippen molar-refractivity contribution >= 4 is 17.4 Å². The molecule has 0 atom stereocenters. The summed E-state index contributed by atoms with van der Waals surface area (Å²) < 4.78 is 0. The zero-order valence-electron chi connectivity index (χ0n) is 15.8. The Labute approximate surface area is 160 Å². The maximum Gasteiger partial charge on any atom is 0.278 e. The molecule has 138 valence electrons. The molecule has 4 nitrogen and oxygen atoms in total. The van der Waals surface area contributed by atoms with Crippen LogP contribution < -0.4 is 0 Å². The number of carbonyl (C=O) groups is 2. The maximum atomic E-state index is 13.1. The van der Waals surface area contributed by atoms with Crippen LogP contribution in [0.5, 0.6) is 0 Å². The molecule has 3 rings (SSSR count). The fraction of sp³-hybridized carbons (Fsp3) is 0.217. The van der Waals surface area contributed by atoms with Gasteiger partial charge < -0.3 is 4.90 Å². The molecule has 2 aromatic rings. The first-order valence-corrected chi connectivity index (χ1v) is 9.14. The highest BCUT2D eigenvalue weighted by molar-refractivity contribution is 6.35. The summed E-state index contributed by atoms with van der Waals surface area (Å²) in [4.78, 5) is 29.4. The number of likely N-dealkylation sites (N-methyl/N-ethyl adjacent to an activating group) is 1. The first-order valence-electron chi connectivity index (χ1n) is 9.14. The molecule has 1 heterocycles. The molecule has 4 heteroatoms. The summed E-state index contributed by atoms with van der Waals surface area (Å²) in [6, 6.07) is 17.7. The monoisotopic (exact) mass is 360 g/mol. The minimum atomic E-state index is -0.259. The molecule has 0 bridgehead atoms. The molecule has 0 N–H and O–H groups in total. The van der Waals surface area contributed by atoms with Gasteiger partial charge >= 0.3 is 0 Å². The lowest BCUT2D eigenvalue weighted by Crippen LogP contribution is -2.35. The van der Waals surface area contributed by atoms with Crippen LogP contribution in [0.3, 0.4) is 0 Å². The molecular formula is C23H24N2O2. The van der Waals surface area contributed by atoms with Gasteiger partial charge in [-0.05, 0) is 25.0 Å². The topological polar surface area (TPSA) is 40.6 Å². The van der Waals surface area contributed by atoms with E-state index in [2.05, 4.69) is 6.58 Å². The van der Waals surface area contributed by atoms with Gasteiger partial charge in [0, 0.05) is 19.6 Å². The highest BCUT2D eigenvalue weighted by Gasteiger charge is 2.40. The van der Waals surface area contributed by atoms with Crippen molar-refractivity contribution in [1.82, 2.24) is 9.80 Å². The number of aryl methyl sites for hydroxylation is 1. The predicted octanol–water partition coefficient (Wildman–Crippen LogP) is 3.78. The fourth-order valence-corrected chi connectivity index (χ4v) is 3.28. The van der Waals surface area contributed by atoms with Crippen LogP contribution in [-0.2, 0) is 16.1 Å². The van der Waals surface area contributed by atoms with Gasteiger partial charge in [-0.2, -0.15) is 0 Å². The normalized spacial score (nSPS) is 14.1. The first kappa shape index (κ1) is 18.6. The van der Waals surface area contributed by atoms with E-state index in [9.17, 15) is 9.59 Å². The molecule has 1 aliphatic heterocycles. The van der Waals surface area contributed by atoms with Gasteiger partial charge in [-0.3, -0.25) is 14.5 Å². The van der Waals surface area contributed by atoms with Crippen molar-refractivity contribution in [3.8, 4) is 0 Å². The van der Waals surface area contributed by atoms with E-state index in [0.29, 0.717) is 24.4 Å². The van der Waals surface area contributed by atoms with E-state index >= 15 is 0 Å². The van der Waals surface area contributed by atoms with Crippen molar-refractivity contribution in [1.29, 1.82) is 0 Å². The Morgan fingerprint density at radius 1 is 1.00 bits per heavy atom. The van der Waals surface area contributed by atoms with Crippen LogP contribution in [0.15, 0.2) is 72.9 Å². The van der Waals surface area contributed by atoms with Crippen LogP contribution in [0, 0.1) is 6.92 Å². The summed E-state index contributed by atoms with van der Waals surface area (Å²) in [6.45, 7) is 9.08. The second-order valence-corrected chi connectivity index (χ2v) is 6.60. The van der Waals surface area contributed by atoms with Crippen molar-refractivity contribution in [3.05, 3.63) is 89.6 Å². The maximum absolute atomic E-state index is 13.1. The van der Waals surface area contributed by atoms with Gasteiger partial charge in [0.1, 0.15) is 5.70 Å². The molecule has 0 spiro atoms. The Bertz CT molecular complexity index is 882. The highest BCUT2D eigenvalue weighted by Crippen LogP contribution is 2.32. The smallest absolute Gasteiger partial charge is 0.278 e. The van der Waals surface area contributed by atoms with Crippen molar-refractivity contribution in [3.63, 3.8) is 0 Å². The standard InChI is InChI=1S/C23H24N2O2/c1-4-15-25-22(26)20(19-13-11-17(3)12-14-19)21(23(25)27)24(5-2)16-18-9-7-6-8-10-18/h4,6-14H,1,5,15-16H2,2-3H3. The lowest BCUT2D eigenvalue weighted by molar-refractivity contribution is -0.136. The van der Waals surface area contributed by atoms with E-state index in [-0.39, 0.29) is 18.4 Å². The predicted molar refractivity (Wildman–Crippen MR) is 108 cm³/mol.